The molecule has 0 atom stereocenters. The van der Waals surface area contributed by atoms with Crippen molar-refractivity contribution in [3.8, 4) is 11.3 Å². The second-order valence-electron chi connectivity index (χ2n) is 8.17. The molecule has 6 nitrogen and oxygen atoms in total. The molecule has 0 unspecified atom stereocenters. The molecule has 0 bridgehead atoms. The fourth-order valence-electron chi connectivity index (χ4n) is 4.16. The number of likely N-dealkylation sites (tertiary alicyclic amines) is 1. The van der Waals surface area contributed by atoms with Gasteiger partial charge in [0.05, 0.1) is 5.69 Å². The summed E-state index contributed by atoms with van der Waals surface area (Å²) in [6.45, 7) is 3.15. The summed E-state index contributed by atoms with van der Waals surface area (Å²) in [5.74, 6) is -0.0181. The van der Waals surface area contributed by atoms with E-state index in [1.165, 1.54) is 0 Å². The normalized spacial score (nSPS) is 14.6. The van der Waals surface area contributed by atoms with E-state index in [2.05, 4.69) is 10.3 Å². The average Bonchev–Trinajstić information content (AvgIpc) is 3.42. The Morgan fingerprint density at radius 1 is 1.06 bits per heavy atom. The fourth-order valence-corrected chi connectivity index (χ4v) is 4.86. The first-order valence-corrected chi connectivity index (χ1v) is 11.6. The minimum Gasteiger partial charge on any atom is -0.339 e. The summed E-state index contributed by atoms with van der Waals surface area (Å²) in [4.78, 5) is 33.0. The highest BCUT2D eigenvalue weighted by molar-refractivity contribution is 7.15. The van der Waals surface area contributed by atoms with E-state index in [0.29, 0.717) is 25.9 Å². The van der Waals surface area contributed by atoms with E-state index in [9.17, 15) is 9.59 Å². The maximum atomic E-state index is 12.8. The van der Waals surface area contributed by atoms with E-state index in [1.807, 2.05) is 82.5 Å². The lowest BCUT2D eigenvalue weighted by Crippen LogP contribution is -2.41. The molecule has 162 valence electrons. The van der Waals surface area contributed by atoms with Crippen LogP contribution in [0.5, 0.6) is 0 Å². The van der Waals surface area contributed by atoms with Crippen LogP contribution in [0.2, 0.25) is 0 Å². The maximum Gasteiger partial charge on any atom is 0.254 e. The van der Waals surface area contributed by atoms with Crippen molar-refractivity contribution in [2.24, 2.45) is 5.92 Å². The van der Waals surface area contributed by atoms with Gasteiger partial charge in [0.25, 0.3) is 5.91 Å². The van der Waals surface area contributed by atoms with Gasteiger partial charge in [-0.05, 0) is 43.5 Å². The molecule has 5 rings (SSSR count). The molecule has 1 aliphatic heterocycles. The number of aryl methyl sites for hydroxylation is 1. The van der Waals surface area contributed by atoms with Crippen molar-refractivity contribution >= 4 is 33.8 Å². The number of thiazole rings is 1. The van der Waals surface area contributed by atoms with Crippen LogP contribution in [0.1, 0.15) is 28.8 Å². The third-order valence-electron chi connectivity index (χ3n) is 6.07. The third-order valence-corrected chi connectivity index (χ3v) is 6.84. The highest BCUT2D eigenvalue weighted by atomic mass is 32.1. The first-order valence-electron chi connectivity index (χ1n) is 10.8. The Hall–Kier alpha value is -3.45. The number of rotatable bonds is 4. The molecule has 1 fully saturated rings. The molecule has 0 saturated carbocycles. The number of amides is 2. The van der Waals surface area contributed by atoms with Crippen LogP contribution in [-0.2, 0) is 4.79 Å². The van der Waals surface area contributed by atoms with E-state index >= 15 is 0 Å². The highest BCUT2D eigenvalue weighted by Crippen LogP contribution is 2.25. The van der Waals surface area contributed by atoms with Crippen molar-refractivity contribution in [1.29, 1.82) is 0 Å². The number of nitrogens with one attached hydrogen (secondary N) is 1. The van der Waals surface area contributed by atoms with Crippen molar-refractivity contribution < 1.29 is 9.59 Å². The fraction of sp³-hybridized carbons (Fsp3) is 0.240. The van der Waals surface area contributed by atoms with E-state index < -0.39 is 0 Å². The van der Waals surface area contributed by atoms with Gasteiger partial charge >= 0.3 is 0 Å². The Labute approximate surface area is 190 Å². The molecule has 4 aromatic rings. The van der Waals surface area contributed by atoms with Crippen LogP contribution in [0.15, 0.2) is 66.3 Å². The summed E-state index contributed by atoms with van der Waals surface area (Å²) in [6.07, 6.45) is 5.34. The van der Waals surface area contributed by atoms with Gasteiger partial charge in [-0.1, -0.05) is 30.3 Å². The van der Waals surface area contributed by atoms with E-state index in [4.69, 9.17) is 0 Å². The monoisotopic (exact) mass is 444 g/mol. The Balaban J connectivity index is 1.17. The second kappa shape index (κ2) is 8.59. The Kier molecular flexibility index (Phi) is 5.49. The highest BCUT2D eigenvalue weighted by Gasteiger charge is 2.28. The van der Waals surface area contributed by atoms with Gasteiger partial charge in [-0.3, -0.25) is 14.0 Å². The van der Waals surface area contributed by atoms with Crippen LogP contribution in [-0.4, -0.2) is 39.2 Å². The van der Waals surface area contributed by atoms with E-state index in [0.717, 1.165) is 33.0 Å². The third kappa shape index (κ3) is 4.03. The number of hydrogen-bond acceptors (Lipinski definition) is 4. The SMILES string of the molecule is Cc1ccccc1C(=O)N1CCC(C(=O)Nc2ccc(-c3cn4ccsc4n3)cc2)CC1. The van der Waals surface area contributed by atoms with Gasteiger partial charge in [0.15, 0.2) is 4.96 Å². The zero-order valence-corrected chi connectivity index (χ0v) is 18.6. The Morgan fingerprint density at radius 2 is 1.81 bits per heavy atom. The van der Waals surface area contributed by atoms with Crippen molar-refractivity contribution in [3.05, 3.63) is 77.4 Å². The van der Waals surface area contributed by atoms with Gasteiger partial charge in [-0.2, -0.15) is 0 Å². The predicted molar refractivity (Wildman–Crippen MR) is 127 cm³/mol. The van der Waals surface area contributed by atoms with Gasteiger partial charge in [0.2, 0.25) is 5.91 Å². The summed E-state index contributed by atoms with van der Waals surface area (Å²) >= 11 is 1.60. The van der Waals surface area contributed by atoms with Crippen molar-refractivity contribution in [1.82, 2.24) is 14.3 Å². The number of benzene rings is 2. The lowest BCUT2D eigenvalue weighted by atomic mass is 9.95. The smallest absolute Gasteiger partial charge is 0.254 e. The average molecular weight is 445 g/mol. The number of anilines is 1. The quantitative estimate of drug-likeness (QED) is 0.489. The standard InChI is InChI=1S/C25H24N4O2S/c1-17-4-2-3-5-21(17)24(31)28-12-10-19(11-13-28)23(30)26-20-8-6-18(7-9-20)22-16-29-14-15-32-25(29)27-22/h2-9,14-16,19H,10-13H2,1H3,(H,26,30). The van der Waals surface area contributed by atoms with Crippen molar-refractivity contribution in [2.45, 2.75) is 19.8 Å². The molecule has 7 heteroatoms. The molecule has 32 heavy (non-hydrogen) atoms. The Morgan fingerprint density at radius 3 is 2.53 bits per heavy atom. The number of hydrogen-bond donors (Lipinski definition) is 1. The van der Waals surface area contributed by atoms with Gasteiger partial charge in [-0.25, -0.2) is 4.98 Å². The molecule has 1 aliphatic rings. The lowest BCUT2D eigenvalue weighted by molar-refractivity contribution is -0.121. The van der Waals surface area contributed by atoms with Crippen LogP contribution in [0, 0.1) is 12.8 Å². The molecular weight excluding hydrogens is 420 g/mol. The molecule has 2 aromatic heterocycles. The molecule has 0 radical (unpaired) electrons. The lowest BCUT2D eigenvalue weighted by Gasteiger charge is -2.31. The Bertz CT molecular complexity index is 1240. The first-order chi connectivity index (χ1) is 15.6. The number of carbonyl (C=O) groups is 2. The summed E-state index contributed by atoms with van der Waals surface area (Å²) < 4.78 is 2.01. The molecule has 0 aliphatic carbocycles. The number of aromatic nitrogens is 2. The van der Waals surface area contributed by atoms with E-state index in [-0.39, 0.29) is 17.7 Å². The number of imidazole rings is 1. The predicted octanol–water partition coefficient (Wildman–Crippen LogP) is 4.86. The van der Waals surface area contributed by atoms with Crippen molar-refractivity contribution in [2.75, 3.05) is 18.4 Å². The van der Waals surface area contributed by atoms with Crippen LogP contribution in [0.25, 0.3) is 16.2 Å². The number of nitrogens with zero attached hydrogens (tertiary/aromatic N) is 3. The van der Waals surface area contributed by atoms with Crippen LogP contribution in [0.4, 0.5) is 5.69 Å². The second-order valence-corrected chi connectivity index (χ2v) is 9.04. The molecule has 3 heterocycles. The largest absolute Gasteiger partial charge is 0.339 e. The number of carbonyl (C=O) groups excluding carboxylic acids is 2. The van der Waals surface area contributed by atoms with E-state index in [1.54, 1.807) is 11.3 Å². The van der Waals surface area contributed by atoms with Crippen molar-refractivity contribution in [3.63, 3.8) is 0 Å². The minimum atomic E-state index is -0.0875. The zero-order chi connectivity index (χ0) is 22.1. The van der Waals surface area contributed by atoms with Gasteiger partial charge in [0.1, 0.15) is 0 Å². The topological polar surface area (TPSA) is 66.7 Å². The van der Waals surface area contributed by atoms with Gasteiger partial charge in [-0.15, -0.1) is 11.3 Å². The van der Waals surface area contributed by atoms with Crippen LogP contribution >= 0.6 is 11.3 Å². The molecule has 1 saturated heterocycles. The zero-order valence-electron chi connectivity index (χ0n) is 17.8. The minimum absolute atomic E-state index is 0.0169. The molecule has 2 amide bonds. The molecule has 1 N–H and O–H groups in total. The molecular formula is C25H24N4O2S. The summed E-state index contributed by atoms with van der Waals surface area (Å²) in [5, 5.41) is 5.04. The van der Waals surface area contributed by atoms with Crippen LogP contribution in [0.3, 0.4) is 0 Å². The maximum absolute atomic E-state index is 12.8. The van der Waals surface area contributed by atoms with Gasteiger partial charge in [0, 0.05) is 53.6 Å². The first kappa shape index (κ1) is 20.5. The summed E-state index contributed by atoms with van der Waals surface area (Å²) in [6, 6.07) is 15.4. The summed E-state index contributed by atoms with van der Waals surface area (Å²) in [7, 11) is 0. The molecule has 2 aromatic carbocycles. The molecule has 0 spiro atoms. The van der Waals surface area contributed by atoms with Gasteiger partial charge < -0.3 is 10.2 Å². The number of piperidine rings is 1. The number of fused-ring (bicyclic) bond motifs is 1. The van der Waals surface area contributed by atoms with Crippen LogP contribution < -0.4 is 5.32 Å². The summed E-state index contributed by atoms with van der Waals surface area (Å²) in [5.41, 5.74) is 4.43.